The standard InChI is InChI=1S/C30H20BrF3N2O2S/c1-38-27-14-8-19(7-13-26(37)21-9-11-23(31)12-10-21)15-22(27)18-39-29-25(17-35)24(20-5-3-2-4-6-20)16-28(36-29)30(32,33)34/h2-16H,18H2,1H3/b13-7+. The van der Waals surface area contributed by atoms with Crippen LogP contribution in [-0.4, -0.2) is 17.9 Å². The molecule has 0 fully saturated rings. The highest BCUT2D eigenvalue weighted by Crippen LogP contribution is 2.38. The number of halogens is 4. The van der Waals surface area contributed by atoms with E-state index < -0.39 is 11.9 Å². The maximum absolute atomic E-state index is 13.7. The Morgan fingerprint density at radius 3 is 2.44 bits per heavy atom. The molecule has 4 nitrogen and oxygen atoms in total. The number of methoxy groups -OCH3 is 1. The molecule has 4 rings (SSSR count). The molecule has 0 amide bonds. The lowest BCUT2D eigenvalue weighted by Gasteiger charge is -2.15. The van der Waals surface area contributed by atoms with Gasteiger partial charge in [0.05, 0.1) is 12.7 Å². The normalized spacial score (nSPS) is 11.4. The molecule has 0 N–H and O–H groups in total. The quantitative estimate of drug-likeness (QED) is 0.114. The molecular weight excluding hydrogens is 589 g/mol. The Balaban J connectivity index is 1.65. The van der Waals surface area contributed by atoms with Crippen molar-refractivity contribution in [2.45, 2.75) is 17.0 Å². The lowest BCUT2D eigenvalue weighted by atomic mass is 10.0. The highest BCUT2D eigenvalue weighted by atomic mass is 79.9. The number of allylic oxidation sites excluding steroid dienone is 1. The molecule has 0 radical (unpaired) electrons. The number of nitriles is 1. The monoisotopic (exact) mass is 608 g/mol. The fourth-order valence-corrected chi connectivity index (χ4v) is 5.01. The minimum Gasteiger partial charge on any atom is -0.496 e. The van der Waals surface area contributed by atoms with E-state index in [1.165, 1.54) is 13.2 Å². The lowest BCUT2D eigenvalue weighted by Crippen LogP contribution is -2.10. The Kier molecular flexibility index (Phi) is 8.90. The van der Waals surface area contributed by atoms with Gasteiger partial charge in [-0.2, -0.15) is 18.4 Å². The molecule has 0 aliphatic heterocycles. The summed E-state index contributed by atoms with van der Waals surface area (Å²) in [6, 6.07) is 23.7. The predicted molar refractivity (Wildman–Crippen MR) is 149 cm³/mol. The highest BCUT2D eigenvalue weighted by Gasteiger charge is 2.34. The van der Waals surface area contributed by atoms with Crippen molar-refractivity contribution in [3.05, 3.63) is 117 Å². The fourth-order valence-electron chi connectivity index (χ4n) is 3.77. The number of carbonyl (C=O) groups excluding carboxylic acids is 1. The summed E-state index contributed by atoms with van der Waals surface area (Å²) in [7, 11) is 1.49. The molecule has 0 spiro atoms. The number of nitrogens with zero attached hydrogens (tertiary/aromatic N) is 2. The molecule has 39 heavy (non-hydrogen) atoms. The van der Waals surface area contributed by atoms with E-state index in [1.807, 2.05) is 6.07 Å². The SMILES string of the molecule is COc1ccc(/C=C/C(=O)c2ccc(Br)cc2)cc1CSc1nc(C(F)(F)F)cc(-c2ccccc2)c1C#N. The van der Waals surface area contributed by atoms with Crippen LogP contribution in [0.1, 0.15) is 32.7 Å². The van der Waals surface area contributed by atoms with E-state index in [9.17, 15) is 23.2 Å². The van der Waals surface area contributed by atoms with Crippen LogP contribution in [-0.2, 0) is 11.9 Å². The highest BCUT2D eigenvalue weighted by molar-refractivity contribution is 9.10. The summed E-state index contributed by atoms with van der Waals surface area (Å²) in [5.74, 6) is 0.532. The van der Waals surface area contributed by atoms with Crippen molar-refractivity contribution in [1.29, 1.82) is 5.26 Å². The molecule has 4 aromatic rings. The minimum atomic E-state index is -4.68. The molecule has 0 aliphatic rings. The van der Waals surface area contributed by atoms with Crippen molar-refractivity contribution < 1.29 is 22.7 Å². The molecule has 0 bridgehead atoms. The van der Waals surface area contributed by atoms with Gasteiger partial charge in [0.1, 0.15) is 22.5 Å². The molecule has 0 aliphatic carbocycles. The molecule has 3 aromatic carbocycles. The van der Waals surface area contributed by atoms with Crippen LogP contribution in [0.15, 0.2) is 94.4 Å². The van der Waals surface area contributed by atoms with Gasteiger partial charge in [-0.15, -0.1) is 11.8 Å². The van der Waals surface area contributed by atoms with E-state index in [2.05, 4.69) is 20.9 Å². The summed E-state index contributed by atoms with van der Waals surface area (Å²) >= 11 is 4.36. The fraction of sp³-hybridized carbons (Fsp3) is 0.100. The van der Waals surface area contributed by atoms with Crippen LogP contribution in [0.3, 0.4) is 0 Å². The maximum atomic E-state index is 13.7. The number of pyridine rings is 1. The molecular formula is C30H20BrF3N2O2S. The van der Waals surface area contributed by atoms with Crippen LogP contribution in [0.25, 0.3) is 17.2 Å². The summed E-state index contributed by atoms with van der Waals surface area (Å²) in [6.45, 7) is 0. The third-order valence-electron chi connectivity index (χ3n) is 5.70. The van der Waals surface area contributed by atoms with E-state index in [0.717, 1.165) is 22.3 Å². The van der Waals surface area contributed by atoms with Crippen LogP contribution >= 0.6 is 27.7 Å². The zero-order valence-electron chi connectivity index (χ0n) is 20.5. The first-order chi connectivity index (χ1) is 18.7. The zero-order valence-corrected chi connectivity index (χ0v) is 22.9. The molecule has 1 heterocycles. The van der Waals surface area contributed by atoms with Crippen LogP contribution in [0, 0.1) is 11.3 Å². The van der Waals surface area contributed by atoms with Crippen molar-refractivity contribution >= 4 is 39.6 Å². The van der Waals surface area contributed by atoms with Crippen molar-refractivity contribution in [3.8, 4) is 22.9 Å². The van der Waals surface area contributed by atoms with E-state index >= 15 is 0 Å². The van der Waals surface area contributed by atoms with Crippen molar-refractivity contribution in [2.75, 3.05) is 7.11 Å². The number of ether oxygens (including phenoxy) is 1. The molecule has 196 valence electrons. The Labute approximate surface area is 236 Å². The Morgan fingerprint density at radius 1 is 1.08 bits per heavy atom. The van der Waals surface area contributed by atoms with Gasteiger partial charge in [-0.25, -0.2) is 4.98 Å². The molecule has 1 aromatic heterocycles. The first-order valence-electron chi connectivity index (χ1n) is 11.5. The molecule has 0 saturated heterocycles. The van der Waals surface area contributed by atoms with E-state index in [1.54, 1.807) is 78.9 Å². The summed E-state index contributed by atoms with van der Waals surface area (Å²) in [4.78, 5) is 16.3. The maximum Gasteiger partial charge on any atom is 0.433 e. The number of aromatic nitrogens is 1. The second-order valence-electron chi connectivity index (χ2n) is 8.28. The van der Waals surface area contributed by atoms with Crippen LogP contribution in [0.4, 0.5) is 13.2 Å². The second kappa shape index (κ2) is 12.3. The van der Waals surface area contributed by atoms with Gasteiger partial charge in [-0.1, -0.05) is 58.4 Å². The first-order valence-corrected chi connectivity index (χ1v) is 13.3. The summed E-state index contributed by atoms with van der Waals surface area (Å²) in [6.07, 6.45) is -1.57. The second-order valence-corrected chi connectivity index (χ2v) is 10.2. The molecule has 0 unspecified atom stereocenters. The number of hydrogen-bond acceptors (Lipinski definition) is 5. The van der Waals surface area contributed by atoms with Crippen molar-refractivity contribution in [1.82, 2.24) is 4.98 Å². The molecule has 0 saturated carbocycles. The summed E-state index contributed by atoms with van der Waals surface area (Å²) in [5.41, 5.74) is 1.56. The van der Waals surface area contributed by atoms with Gasteiger partial charge in [0, 0.05) is 26.9 Å². The lowest BCUT2D eigenvalue weighted by molar-refractivity contribution is -0.141. The topological polar surface area (TPSA) is 63.0 Å². The number of ketones is 1. The van der Waals surface area contributed by atoms with Crippen molar-refractivity contribution in [3.63, 3.8) is 0 Å². The predicted octanol–water partition coefficient (Wildman–Crippen LogP) is 8.60. The summed E-state index contributed by atoms with van der Waals surface area (Å²) in [5, 5.41) is 9.85. The Bertz CT molecular complexity index is 1560. The molecule has 9 heteroatoms. The number of rotatable bonds is 8. The van der Waals surface area contributed by atoms with Gasteiger partial charge in [-0.05, 0) is 59.7 Å². The smallest absolute Gasteiger partial charge is 0.433 e. The van der Waals surface area contributed by atoms with Gasteiger partial charge in [0.15, 0.2) is 5.78 Å². The van der Waals surface area contributed by atoms with Gasteiger partial charge in [0.2, 0.25) is 0 Å². The summed E-state index contributed by atoms with van der Waals surface area (Å²) < 4.78 is 47.5. The zero-order chi connectivity index (χ0) is 28.0. The number of hydrogen-bond donors (Lipinski definition) is 0. The number of alkyl halides is 3. The van der Waals surface area contributed by atoms with Gasteiger partial charge in [0.25, 0.3) is 0 Å². The average molecular weight is 609 g/mol. The van der Waals surface area contributed by atoms with Crippen molar-refractivity contribution in [2.24, 2.45) is 0 Å². The van der Waals surface area contributed by atoms with Gasteiger partial charge >= 0.3 is 6.18 Å². The van der Waals surface area contributed by atoms with E-state index in [0.29, 0.717) is 28.0 Å². The minimum absolute atomic E-state index is 0.0282. The Hall–Kier alpha value is -3.87. The largest absolute Gasteiger partial charge is 0.496 e. The number of thioether (sulfide) groups is 1. The number of carbonyl (C=O) groups is 1. The van der Waals surface area contributed by atoms with Crippen LogP contribution < -0.4 is 4.74 Å². The van der Waals surface area contributed by atoms with E-state index in [-0.39, 0.29) is 27.7 Å². The third kappa shape index (κ3) is 6.96. The van der Waals surface area contributed by atoms with Gasteiger partial charge in [-0.3, -0.25) is 4.79 Å². The van der Waals surface area contributed by atoms with Gasteiger partial charge < -0.3 is 4.74 Å². The first kappa shape index (κ1) is 28.1. The molecule has 0 atom stereocenters. The van der Waals surface area contributed by atoms with E-state index in [4.69, 9.17) is 4.74 Å². The Morgan fingerprint density at radius 2 is 1.79 bits per heavy atom. The van der Waals surface area contributed by atoms with Crippen LogP contribution in [0.5, 0.6) is 5.75 Å². The number of benzene rings is 3. The third-order valence-corrected chi connectivity index (χ3v) is 7.25. The average Bonchev–Trinajstić information content (AvgIpc) is 2.94. The van der Waals surface area contributed by atoms with Crippen LogP contribution in [0.2, 0.25) is 0 Å².